The van der Waals surface area contributed by atoms with Gasteiger partial charge in [-0.3, -0.25) is 9.59 Å². The van der Waals surface area contributed by atoms with Crippen LogP contribution >= 0.6 is 11.6 Å². The van der Waals surface area contributed by atoms with Gasteiger partial charge in [-0.1, -0.05) is 6.07 Å². The Kier molecular flexibility index (Phi) is 3.57. The van der Waals surface area contributed by atoms with Gasteiger partial charge in [0.25, 0.3) is 0 Å². The van der Waals surface area contributed by atoms with E-state index in [1.807, 2.05) is 19.1 Å². The number of nitrogens with zero attached hydrogens (tertiary/aromatic N) is 1. The molecular weight excluding hydrogens is 252 g/mol. The summed E-state index contributed by atoms with van der Waals surface area (Å²) < 4.78 is 0. The Balaban J connectivity index is 2.38. The van der Waals surface area contributed by atoms with Crippen molar-refractivity contribution in [1.82, 2.24) is 0 Å². The van der Waals surface area contributed by atoms with Crippen LogP contribution in [0.3, 0.4) is 0 Å². The first-order valence-corrected chi connectivity index (χ1v) is 6.23. The number of aryl methyl sites for hydroxylation is 1. The molecule has 2 amide bonds. The van der Waals surface area contributed by atoms with Gasteiger partial charge in [-0.25, -0.2) is 0 Å². The number of hydrogen-bond donors (Lipinski definition) is 1. The SMILES string of the molecule is CC(=O)Nc1ccc(C)cc1N1CC(Cl)CC1=O. The van der Waals surface area contributed by atoms with Gasteiger partial charge >= 0.3 is 0 Å². The number of benzene rings is 1. The van der Waals surface area contributed by atoms with E-state index in [0.717, 1.165) is 11.3 Å². The first kappa shape index (κ1) is 12.9. The van der Waals surface area contributed by atoms with Crippen molar-refractivity contribution in [1.29, 1.82) is 0 Å². The van der Waals surface area contributed by atoms with E-state index in [2.05, 4.69) is 5.32 Å². The minimum absolute atomic E-state index is 0.00722. The smallest absolute Gasteiger partial charge is 0.228 e. The third kappa shape index (κ3) is 2.64. The number of anilines is 2. The second-order valence-corrected chi connectivity index (χ2v) is 5.12. The van der Waals surface area contributed by atoms with Crippen LogP contribution in [0.25, 0.3) is 0 Å². The Morgan fingerprint density at radius 1 is 1.50 bits per heavy atom. The maximum atomic E-state index is 11.9. The molecule has 1 heterocycles. The number of hydrogen-bond acceptors (Lipinski definition) is 2. The molecule has 18 heavy (non-hydrogen) atoms. The van der Waals surface area contributed by atoms with E-state index in [0.29, 0.717) is 18.7 Å². The summed E-state index contributed by atoms with van der Waals surface area (Å²) in [6, 6.07) is 5.59. The lowest BCUT2D eigenvalue weighted by Gasteiger charge is -2.20. The summed E-state index contributed by atoms with van der Waals surface area (Å²) in [4.78, 5) is 24.7. The Morgan fingerprint density at radius 2 is 2.22 bits per heavy atom. The zero-order valence-corrected chi connectivity index (χ0v) is 11.1. The third-order valence-corrected chi connectivity index (χ3v) is 3.12. The second kappa shape index (κ2) is 4.98. The Hall–Kier alpha value is -1.55. The zero-order chi connectivity index (χ0) is 13.3. The number of alkyl halides is 1. The van der Waals surface area contributed by atoms with Gasteiger partial charge in [0.15, 0.2) is 0 Å². The highest BCUT2D eigenvalue weighted by molar-refractivity contribution is 6.24. The van der Waals surface area contributed by atoms with Crippen LogP contribution in [0.5, 0.6) is 0 Å². The molecule has 5 heteroatoms. The summed E-state index contributed by atoms with van der Waals surface area (Å²) in [5.74, 6) is -0.165. The lowest BCUT2D eigenvalue weighted by Crippen LogP contribution is -2.26. The predicted molar refractivity (Wildman–Crippen MR) is 72.1 cm³/mol. The van der Waals surface area contributed by atoms with Gasteiger partial charge in [-0.05, 0) is 24.6 Å². The van der Waals surface area contributed by atoms with E-state index < -0.39 is 0 Å². The topological polar surface area (TPSA) is 49.4 Å². The molecule has 0 bridgehead atoms. The van der Waals surface area contributed by atoms with Gasteiger partial charge in [0.2, 0.25) is 11.8 Å². The molecule has 0 saturated carbocycles. The molecule has 1 aliphatic heterocycles. The normalized spacial score (nSPS) is 19.2. The molecule has 0 aliphatic carbocycles. The van der Waals surface area contributed by atoms with E-state index in [4.69, 9.17) is 11.6 Å². The van der Waals surface area contributed by atoms with E-state index in [-0.39, 0.29) is 17.2 Å². The molecule has 0 radical (unpaired) electrons. The highest BCUT2D eigenvalue weighted by atomic mass is 35.5. The largest absolute Gasteiger partial charge is 0.325 e. The van der Waals surface area contributed by atoms with Gasteiger partial charge in [-0.2, -0.15) is 0 Å². The Morgan fingerprint density at radius 3 is 2.78 bits per heavy atom. The summed E-state index contributed by atoms with van der Waals surface area (Å²) in [5, 5.41) is 2.57. The quantitative estimate of drug-likeness (QED) is 0.835. The monoisotopic (exact) mass is 266 g/mol. The fraction of sp³-hybridized carbons (Fsp3) is 0.385. The molecular formula is C13H15ClN2O2. The molecule has 2 rings (SSSR count). The molecule has 1 N–H and O–H groups in total. The molecule has 4 nitrogen and oxygen atoms in total. The van der Waals surface area contributed by atoms with Gasteiger partial charge < -0.3 is 10.2 Å². The summed E-state index contributed by atoms with van der Waals surface area (Å²) in [6.45, 7) is 3.87. The fourth-order valence-electron chi connectivity index (χ4n) is 2.06. The van der Waals surface area contributed by atoms with Crippen LogP contribution in [0.4, 0.5) is 11.4 Å². The highest BCUT2D eigenvalue weighted by Gasteiger charge is 2.30. The predicted octanol–water partition coefficient (Wildman–Crippen LogP) is 2.30. The maximum absolute atomic E-state index is 11.9. The summed E-state index contributed by atoms with van der Waals surface area (Å²) in [5.41, 5.74) is 2.40. The third-order valence-electron chi connectivity index (χ3n) is 2.83. The zero-order valence-electron chi connectivity index (χ0n) is 10.4. The van der Waals surface area contributed by atoms with Crippen molar-refractivity contribution in [3.8, 4) is 0 Å². The van der Waals surface area contributed by atoms with E-state index in [9.17, 15) is 9.59 Å². The van der Waals surface area contributed by atoms with Crippen molar-refractivity contribution in [2.75, 3.05) is 16.8 Å². The van der Waals surface area contributed by atoms with Gasteiger partial charge in [0, 0.05) is 19.9 Å². The van der Waals surface area contributed by atoms with Crippen molar-refractivity contribution in [3.63, 3.8) is 0 Å². The molecule has 96 valence electrons. The number of carbonyl (C=O) groups excluding carboxylic acids is 2. The number of rotatable bonds is 2. The molecule has 1 aromatic rings. The molecule has 1 atom stereocenters. The molecule has 1 fully saturated rings. The maximum Gasteiger partial charge on any atom is 0.228 e. The standard InChI is InChI=1S/C13H15ClN2O2/c1-8-3-4-11(15-9(2)17)12(5-8)16-7-10(14)6-13(16)18/h3-5,10H,6-7H2,1-2H3,(H,15,17). The van der Waals surface area contributed by atoms with E-state index in [1.165, 1.54) is 6.92 Å². The van der Waals surface area contributed by atoms with E-state index >= 15 is 0 Å². The molecule has 1 aliphatic rings. The molecule has 0 aromatic heterocycles. The molecule has 1 unspecified atom stereocenters. The Labute approximate surface area is 111 Å². The minimum atomic E-state index is -0.164. The first-order valence-electron chi connectivity index (χ1n) is 5.80. The van der Waals surface area contributed by atoms with Gasteiger partial charge in [0.1, 0.15) is 0 Å². The molecule has 1 aromatic carbocycles. The van der Waals surface area contributed by atoms with Crippen molar-refractivity contribution in [3.05, 3.63) is 23.8 Å². The van der Waals surface area contributed by atoms with Crippen molar-refractivity contribution in [2.24, 2.45) is 0 Å². The molecule has 1 saturated heterocycles. The average molecular weight is 267 g/mol. The van der Waals surface area contributed by atoms with Crippen LogP contribution < -0.4 is 10.2 Å². The Bertz CT molecular complexity index is 502. The van der Waals surface area contributed by atoms with Crippen molar-refractivity contribution >= 4 is 34.8 Å². The highest BCUT2D eigenvalue weighted by Crippen LogP contribution is 2.31. The number of nitrogens with one attached hydrogen (secondary N) is 1. The van der Waals surface area contributed by atoms with Crippen LogP contribution in [-0.2, 0) is 9.59 Å². The van der Waals surface area contributed by atoms with Crippen LogP contribution in [0, 0.1) is 6.92 Å². The van der Waals surface area contributed by atoms with E-state index in [1.54, 1.807) is 11.0 Å². The second-order valence-electron chi connectivity index (χ2n) is 4.51. The number of halogens is 1. The lowest BCUT2D eigenvalue weighted by atomic mass is 10.1. The van der Waals surface area contributed by atoms with Crippen LogP contribution in [0.2, 0.25) is 0 Å². The summed E-state index contributed by atoms with van der Waals surface area (Å²) in [6.07, 6.45) is 0.342. The van der Waals surface area contributed by atoms with Crippen molar-refractivity contribution < 1.29 is 9.59 Å². The average Bonchev–Trinajstić information content (AvgIpc) is 2.60. The number of amides is 2. The van der Waals surface area contributed by atoms with Crippen molar-refractivity contribution in [2.45, 2.75) is 25.6 Å². The van der Waals surface area contributed by atoms with Gasteiger partial charge in [0.05, 0.1) is 16.8 Å². The van der Waals surface area contributed by atoms with Crippen LogP contribution in [-0.4, -0.2) is 23.7 Å². The summed E-state index contributed by atoms with van der Waals surface area (Å²) >= 11 is 6.00. The fourth-order valence-corrected chi connectivity index (χ4v) is 2.33. The van der Waals surface area contributed by atoms with Crippen LogP contribution in [0.1, 0.15) is 18.9 Å². The minimum Gasteiger partial charge on any atom is -0.325 e. The molecule has 0 spiro atoms. The van der Waals surface area contributed by atoms with Gasteiger partial charge in [-0.15, -0.1) is 11.6 Å². The lowest BCUT2D eigenvalue weighted by molar-refractivity contribution is -0.117. The van der Waals surface area contributed by atoms with Crippen LogP contribution in [0.15, 0.2) is 18.2 Å². The summed E-state index contributed by atoms with van der Waals surface area (Å²) in [7, 11) is 0. The first-order chi connectivity index (χ1) is 8.47. The number of carbonyl (C=O) groups is 2.